The summed E-state index contributed by atoms with van der Waals surface area (Å²) in [5.41, 5.74) is 0.507. The van der Waals surface area contributed by atoms with Crippen molar-refractivity contribution in [1.29, 1.82) is 0 Å². The maximum absolute atomic E-state index is 12.4. The van der Waals surface area contributed by atoms with Crippen molar-refractivity contribution in [3.63, 3.8) is 0 Å². The quantitative estimate of drug-likeness (QED) is 0.823. The minimum Gasteiger partial charge on any atom is -0.496 e. The van der Waals surface area contributed by atoms with Crippen molar-refractivity contribution in [1.82, 2.24) is 10.6 Å². The number of carbonyl (C=O) groups is 1. The highest BCUT2D eigenvalue weighted by molar-refractivity contribution is 5.85. The van der Waals surface area contributed by atoms with Crippen molar-refractivity contribution < 1.29 is 19.0 Å². The molecule has 1 aliphatic heterocycles. The molecule has 1 atom stereocenters. The van der Waals surface area contributed by atoms with Gasteiger partial charge in [0.25, 0.3) is 0 Å². The SMILES string of the molecule is COc1cc(OC)c(OC)cc1CNC(=O)C1(C)CCNC1.Cl. The fourth-order valence-corrected chi connectivity index (χ4v) is 2.63. The number of methoxy groups -OCH3 is 3. The van der Waals surface area contributed by atoms with Gasteiger partial charge in [0.2, 0.25) is 5.91 Å². The van der Waals surface area contributed by atoms with Gasteiger partial charge in [-0.25, -0.2) is 0 Å². The Morgan fingerprint density at radius 2 is 1.78 bits per heavy atom. The van der Waals surface area contributed by atoms with Gasteiger partial charge in [-0.2, -0.15) is 0 Å². The summed E-state index contributed by atoms with van der Waals surface area (Å²) >= 11 is 0. The number of amides is 1. The predicted molar refractivity (Wildman–Crippen MR) is 90.8 cm³/mol. The summed E-state index contributed by atoms with van der Waals surface area (Å²) in [6.45, 7) is 3.96. The van der Waals surface area contributed by atoms with Crippen molar-refractivity contribution >= 4 is 18.3 Å². The lowest BCUT2D eigenvalue weighted by molar-refractivity contribution is -0.129. The van der Waals surface area contributed by atoms with E-state index in [2.05, 4.69) is 10.6 Å². The molecule has 0 aromatic heterocycles. The predicted octanol–water partition coefficient (Wildman–Crippen LogP) is 1.75. The van der Waals surface area contributed by atoms with E-state index in [-0.39, 0.29) is 23.7 Å². The van der Waals surface area contributed by atoms with Crippen molar-refractivity contribution in [2.45, 2.75) is 19.9 Å². The molecule has 0 spiro atoms. The summed E-state index contributed by atoms with van der Waals surface area (Å²) in [5.74, 6) is 1.92. The molecule has 0 aliphatic carbocycles. The van der Waals surface area contributed by atoms with Crippen LogP contribution in [-0.2, 0) is 11.3 Å². The molecule has 0 radical (unpaired) electrons. The van der Waals surface area contributed by atoms with E-state index < -0.39 is 0 Å². The molecule has 7 heteroatoms. The van der Waals surface area contributed by atoms with Crippen LogP contribution < -0.4 is 24.8 Å². The van der Waals surface area contributed by atoms with Crippen LogP contribution in [0.4, 0.5) is 0 Å². The van der Waals surface area contributed by atoms with Crippen molar-refractivity contribution in [3.05, 3.63) is 17.7 Å². The van der Waals surface area contributed by atoms with Gasteiger partial charge in [0.15, 0.2) is 11.5 Å². The maximum Gasteiger partial charge on any atom is 0.227 e. The fourth-order valence-electron chi connectivity index (χ4n) is 2.63. The van der Waals surface area contributed by atoms with E-state index >= 15 is 0 Å². The molecule has 1 amide bonds. The van der Waals surface area contributed by atoms with E-state index in [1.54, 1.807) is 27.4 Å². The zero-order valence-electron chi connectivity index (χ0n) is 14.0. The summed E-state index contributed by atoms with van der Waals surface area (Å²) < 4.78 is 15.9. The molecule has 1 heterocycles. The zero-order chi connectivity index (χ0) is 16.2. The van der Waals surface area contributed by atoms with E-state index in [9.17, 15) is 4.79 Å². The zero-order valence-corrected chi connectivity index (χ0v) is 14.8. The first-order valence-electron chi connectivity index (χ1n) is 7.32. The van der Waals surface area contributed by atoms with Gasteiger partial charge in [-0.1, -0.05) is 0 Å². The van der Waals surface area contributed by atoms with Gasteiger partial charge in [-0.05, 0) is 26.0 Å². The van der Waals surface area contributed by atoms with Gasteiger partial charge in [0.1, 0.15) is 5.75 Å². The lowest BCUT2D eigenvalue weighted by Crippen LogP contribution is -2.40. The molecule has 1 aromatic carbocycles. The average Bonchev–Trinajstić information content (AvgIpc) is 2.99. The van der Waals surface area contributed by atoms with Crippen LogP contribution in [0.2, 0.25) is 0 Å². The summed E-state index contributed by atoms with van der Waals surface area (Å²) in [6.07, 6.45) is 0.849. The van der Waals surface area contributed by atoms with Crippen molar-refractivity contribution in [2.24, 2.45) is 5.41 Å². The molecule has 2 rings (SSSR count). The van der Waals surface area contributed by atoms with Crippen LogP contribution in [0.25, 0.3) is 0 Å². The van der Waals surface area contributed by atoms with Crippen LogP contribution in [0.5, 0.6) is 17.2 Å². The Labute approximate surface area is 143 Å². The molecule has 1 saturated heterocycles. The number of rotatable bonds is 6. The lowest BCUT2D eigenvalue weighted by Gasteiger charge is -2.22. The Balaban J connectivity index is 0.00000264. The van der Waals surface area contributed by atoms with E-state index in [0.717, 1.165) is 18.5 Å². The normalized spacial score (nSPS) is 19.7. The average molecular weight is 345 g/mol. The number of hydrogen-bond acceptors (Lipinski definition) is 5. The second kappa shape index (κ2) is 8.26. The molecule has 1 aromatic rings. The fraction of sp³-hybridized carbons (Fsp3) is 0.562. The first-order valence-corrected chi connectivity index (χ1v) is 7.32. The van der Waals surface area contributed by atoms with Crippen LogP contribution >= 0.6 is 12.4 Å². The number of nitrogens with one attached hydrogen (secondary N) is 2. The lowest BCUT2D eigenvalue weighted by atomic mass is 9.89. The van der Waals surface area contributed by atoms with Crippen LogP contribution in [0.15, 0.2) is 12.1 Å². The molecule has 6 nitrogen and oxygen atoms in total. The molecule has 0 bridgehead atoms. The minimum absolute atomic E-state index is 0. The van der Waals surface area contributed by atoms with Gasteiger partial charge in [0.05, 0.1) is 26.7 Å². The number of ether oxygens (including phenoxy) is 3. The third-order valence-electron chi connectivity index (χ3n) is 4.14. The molecule has 1 aliphatic rings. The molecule has 130 valence electrons. The van der Waals surface area contributed by atoms with E-state index in [0.29, 0.717) is 30.3 Å². The second-order valence-corrected chi connectivity index (χ2v) is 5.69. The van der Waals surface area contributed by atoms with Crippen LogP contribution in [-0.4, -0.2) is 40.3 Å². The maximum atomic E-state index is 12.4. The van der Waals surface area contributed by atoms with E-state index in [4.69, 9.17) is 14.2 Å². The summed E-state index contributed by atoms with van der Waals surface area (Å²) in [5, 5.41) is 6.22. The summed E-state index contributed by atoms with van der Waals surface area (Å²) in [7, 11) is 4.75. The first-order chi connectivity index (χ1) is 10.5. The van der Waals surface area contributed by atoms with Gasteiger partial charge in [-0.3, -0.25) is 4.79 Å². The van der Waals surface area contributed by atoms with E-state index in [1.807, 2.05) is 13.0 Å². The smallest absolute Gasteiger partial charge is 0.227 e. The minimum atomic E-state index is -0.343. The van der Waals surface area contributed by atoms with Gasteiger partial charge >= 0.3 is 0 Å². The molecule has 1 unspecified atom stereocenters. The third kappa shape index (κ3) is 4.20. The summed E-state index contributed by atoms with van der Waals surface area (Å²) in [6, 6.07) is 3.59. The molecule has 0 saturated carbocycles. The molecule has 23 heavy (non-hydrogen) atoms. The number of benzene rings is 1. The van der Waals surface area contributed by atoms with Crippen molar-refractivity contribution in [3.8, 4) is 17.2 Å². The van der Waals surface area contributed by atoms with Gasteiger partial charge < -0.3 is 24.8 Å². The van der Waals surface area contributed by atoms with Crippen LogP contribution in [0, 0.1) is 5.41 Å². The third-order valence-corrected chi connectivity index (χ3v) is 4.14. The van der Waals surface area contributed by atoms with Crippen molar-refractivity contribution in [2.75, 3.05) is 34.4 Å². The Morgan fingerprint density at radius 3 is 2.30 bits per heavy atom. The Kier molecular flexibility index (Phi) is 6.97. The number of halogens is 1. The molecular formula is C16H25ClN2O4. The summed E-state index contributed by atoms with van der Waals surface area (Å²) in [4.78, 5) is 12.4. The Hall–Kier alpha value is -1.66. The largest absolute Gasteiger partial charge is 0.496 e. The monoisotopic (exact) mass is 344 g/mol. The highest BCUT2D eigenvalue weighted by Crippen LogP contribution is 2.34. The number of carbonyl (C=O) groups excluding carboxylic acids is 1. The first kappa shape index (κ1) is 19.4. The standard InChI is InChI=1S/C16H24N2O4.ClH/c1-16(5-6-17-10-16)15(19)18-9-11-7-13(21-3)14(22-4)8-12(11)20-2;/h7-8,17H,5-6,9-10H2,1-4H3,(H,18,19);1H. The van der Waals surface area contributed by atoms with Crippen LogP contribution in [0.3, 0.4) is 0 Å². The van der Waals surface area contributed by atoms with E-state index in [1.165, 1.54) is 0 Å². The molecule has 2 N–H and O–H groups in total. The molecular weight excluding hydrogens is 320 g/mol. The number of hydrogen-bond donors (Lipinski definition) is 2. The highest BCUT2D eigenvalue weighted by atomic mass is 35.5. The van der Waals surface area contributed by atoms with Gasteiger partial charge in [0, 0.05) is 24.7 Å². The van der Waals surface area contributed by atoms with Crippen LogP contribution in [0.1, 0.15) is 18.9 Å². The second-order valence-electron chi connectivity index (χ2n) is 5.69. The molecule has 1 fully saturated rings. The van der Waals surface area contributed by atoms with Gasteiger partial charge in [-0.15, -0.1) is 12.4 Å². The Morgan fingerprint density at radius 1 is 1.17 bits per heavy atom. The highest BCUT2D eigenvalue weighted by Gasteiger charge is 2.36. The Bertz CT molecular complexity index is 545. The topological polar surface area (TPSA) is 68.8 Å².